The van der Waals surface area contributed by atoms with Crippen molar-refractivity contribution in [3.8, 4) is 0 Å². The summed E-state index contributed by atoms with van der Waals surface area (Å²) in [6, 6.07) is 8.39. The number of carbonyl (C=O) groups excluding carboxylic acids is 1. The predicted molar refractivity (Wildman–Crippen MR) is 123 cm³/mol. The van der Waals surface area contributed by atoms with Crippen molar-refractivity contribution >= 4 is 40.0 Å². The van der Waals surface area contributed by atoms with Gasteiger partial charge >= 0.3 is 5.97 Å². The molecule has 5 nitrogen and oxygen atoms in total. The first-order valence-corrected chi connectivity index (χ1v) is 10.9. The van der Waals surface area contributed by atoms with Gasteiger partial charge in [-0.05, 0) is 29.7 Å². The van der Waals surface area contributed by atoms with Crippen molar-refractivity contribution in [1.29, 1.82) is 0 Å². The van der Waals surface area contributed by atoms with Crippen molar-refractivity contribution in [3.05, 3.63) is 76.1 Å². The fourth-order valence-corrected chi connectivity index (χ4v) is 5.27. The quantitative estimate of drug-likeness (QED) is 0.460. The minimum atomic E-state index is -1.25. The highest BCUT2D eigenvalue weighted by Crippen LogP contribution is 2.45. The molecule has 8 heteroatoms. The summed E-state index contributed by atoms with van der Waals surface area (Å²) in [7, 11) is 0. The van der Waals surface area contributed by atoms with Crippen LogP contribution < -0.4 is 0 Å². The molecule has 2 heterocycles. The minimum Gasteiger partial charge on any atom is -0.478 e. The van der Waals surface area contributed by atoms with E-state index in [9.17, 15) is 23.5 Å². The van der Waals surface area contributed by atoms with Gasteiger partial charge in [0.25, 0.3) is 5.91 Å². The molecule has 0 aliphatic carbocycles. The summed E-state index contributed by atoms with van der Waals surface area (Å²) in [5, 5.41) is 10.5. The first-order valence-electron chi connectivity index (χ1n) is 10.5. The van der Waals surface area contributed by atoms with Crippen LogP contribution in [0.2, 0.25) is 5.02 Å². The lowest BCUT2D eigenvalue weighted by molar-refractivity contribution is -0.130. The van der Waals surface area contributed by atoms with Crippen molar-refractivity contribution < 1.29 is 23.5 Å². The normalized spacial score (nSPS) is 17.6. The van der Waals surface area contributed by atoms with E-state index in [0.29, 0.717) is 5.69 Å². The number of halogens is 3. The number of benzene rings is 2. The van der Waals surface area contributed by atoms with Gasteiger partial charge in [0.15, 0.2) is 0 Å². The molecular formula is C25H23ClF2N2O3. The fourth-order valence-electron chi connectivity index (χ4n) is 5.12. The van der Waals surface area contributed by atoms with Crippen molar-refractivity contribution in [2.45, 2.75) is 39.2 Å². The number of aliphatic carboxylic acids is 1. The number of rotatable bonds is 3. The zero-order valence-corrected chi connectivity index (χ0v) is 19.3. The molecule has 1 amide bonds. The Morgan fingerprint density at radius 1 is 1.15 bits per heavy atom. The second-order valence-corrected chi connectivity index (χ2v) is 9.54. The van der Waals surface area contributed by atoms with Crippen molar-refractivity contribution in [2.24, 2.45) is 5.92 Å². The maximum Gasteiger partial charge on any atom is 0.339 e. The third-order valence-electron chi connectivity index (χ3n) is 6.26. The maximum absolute atomic E-state index is 14.7. The lowest BCUT2D eigenvalue weighted by atomic mass is 9.71. The first-order chi connectivity index (χ1) is 15.4. The summed E-state index contributed by atoms with van der Waals surface area (Å²) in [4.78, 5) is 30.3. The van der Waals surface area contributed by atoms with Crippen LogP contribution in [0.15, 0.2) is 42.6 Å². The molecule has 1 atom stereocenters. The van der Waals surface area contributed by atoms with Gasteiger partial charge in [-0.1, -0.05) is 57.5 Å². The van der Waals surface area contributed by atoms with Gasteiger partial charge in [-0.3, -0.25) is 4.79 Å². The van der Waals surface area contributed by atoms with E-state index in [-0.39, 0.29) is 11.5 Å². The van der Waals surface area contributed by atoms with Crippen LogP contribution in [-0.2, 0) is 10.2 Å². The first kappa shape index (κ1) is 23.0. The largest absolute Gasteiger partial charge is 0.478 e. The Hall–Kier alpha value is -3.19. The van der Waals surface area contributed by atoms with Crippen molar-refractivity contribution in [1.82, 2.24) is 9.88 Å². The third-order valence-corrected chi connectivity index (χ3v) is 6.55. The lowest BCUT2D eigenvalue weighted by Crippen LogP contribution is -2.50. The topological polar surface area (TPSA) is 73.4 Å². The molecule has 33 heavy (non-hydrogen) atoms. The Kier molecular flexibility index (Phi) is 5.56. The van der Waals surface area contributed by atoms with E-state index < -0.39 is 45.6 Å². The van der Waals surface area contributed by atoms with Crippen LogP contribution in [0.4, 0.5) is 8.78 Å². The molecule has 1 unspecified atom stereocenters. The highest BCUT2D eigenvalue weighted by molar-refractivity contribution is 6.30. The van der Waals surface area contributed by atoms with Crippen LogP contribution >= 0.6 is 11.6 Å². The van der Waals surface area contributed by atoms with Gasteiger partial charge in [-0.15, -0.1) is 0 Å². The Morgan fingerprint density at radius 2 is 1.82 bits per heavy atom. The van der Waals surface area contributed by atoms with Crippen LogP contribution in [0.5, 0.6) is 0 Å². The number of amides is 1. The number of aromatic nitrogens is 1. The molecule has 2 N–H and O–H groups in total. The van der Waals surface area contributed by atoms with E-state index in [1.54, 1.807) is 0 Å². The number of nitrogens with one attached hydrogen (secondary N) is 1. The molecule has 0 spiro atoms. The van der Waals surface area contributed by atoms with E-state index in [2.05, 4.69) is 4.98 Å². The minimum absolute atomic E-state index is 0.138. The lowest BCUT2D eigenvalue weighted by Gasteiger charge is -2.42. The standard InChI is InChI=1S/C25H23ClF2N2O3/c1-12(2)22-25(3,4)20-13-7-5-6-8-19(13)29-21(20)15(24(32)33)11-30(22)23(31)14-9-18(28)16(26)10-17(14)27/h5-12,22,29H,1-4H3,(H,32,33). The van der Waals surface area contributed by atoms with Gasteiger partial charge in [-0.2, -0.15) is 0 Å². The number of hydrogen-bond donors (Lipinski definition) is 2. The molecule has 0 bridgehead atoms. The number of hydrogen-bond acceptors (Lipinski definition) is 2. The molecule has 0 saturated heterocycles. The van der Waals surface area contributed by atoms with E-state index >= 15 is 0 Å². The number of para-hydroxylation sites is 1. The molecule has 1 aliphatic heterocycles. The van der Waals surface area contributed by atoms with Gasteiger partial charge in [-0.25, -0.2) is 13.6 Å². The Labute approximate surface area is 194 Å². The average Bonchev–Trinajstić information content (AvgIpc) is 3.07. The number of fused-ring (bicyclic) bond motifs is 3. The van der Waals surface area contributed by atoms with Crippen molar-refractivity contribution in [2.75, 3.05) is 0 Å². The molecule has 172 valence electrons. The fraction of sp³-hybridized carbons (Fsp3) is 0.280. The molecule has 1 aliphatic rings. The summed E-state index contributed by atoms with van der Waals surface area (Å²) >= 11 is 5.66. The van der Waals surface area contributed by atoms with E-state index in [1.165, 1.54) is 11.1 Å². The number of carboxylic acids is 1. The molecular weight excluding hydrogens is 450 g/mol. The Balaban J connectivity index is 2.02. The second-order valence-electron chi connectivity index (χ2n) is 9.14. The van der Waals surface area contributed by atoms with E-state index in [4.69, 9.17) is 11.6 Å². The monoisotopic (exact) mass is 472 g/mol. The van der Waals surface area contributed by atoms with Crippen molar-refractivity contribution in [3.63, 3.8) is 0 Å². The van der Waals surface area contributed by atoms with Gasteiger partial charge in [0.05, 0.1) is 21.9 Å². The summed E-state index contributed by atoms with van der Waals surface area (Å²) in [5.41, 5.74) is 0.501. The molecule has 0 fully saturated rings. The van der Waals surface area contributed by atoms with Crippen LogP contribution in [0.3, 0.4) is 0 Å². The predicted octanol–water partition coefficient (Wildman–Crippen LogP) is 5.98. The molecule has 0 saturated carbocycles. The summed E-state index contributed by atoms with van der Waals surface area (Å²) in [5.74, 6) is -4.16. The number of carboxylic acid groups (broad SMARTS) is 1. The van der Waals surface area contributed by atoms with Crippen LogP contribution in [0, 0.1) is 17.6 Å². The Morgan fingerprint density at radius 3 is 2.45 bits per heavy atom. The molecule has 4 rings (SSSR count). The summed E-state index contributed by atoms with van der Waals surface area (Å²) in [6.45, 7) is 7.65. The number of aromatic amines is 1. The highest BCUT2D eigenvalue weighted by atomic mass is 35.5. The third kappa shape index (κ3) is 3.60. The maximum atomic E-state index is 14.7. The molecule has 2 aromatic carbocycles. The molecule has 3 aromatic rings. The Bertz CT molecular complexity index is 1330. The van der Waals surface area contributed by atoms with Crippen LogP contribution in [0.25, 0.3) is 16.5 Å². The van der Waals surface area contributed by atoms with Gasteiger partial charge in [0, 0.05) is 28.6 Å². The van der Waals surface area contributed by atoms with E-state index in [1.807, 2.05) is 52.0 Å². The molecule has 0 radical (unpaired) electrons. The summed E-state index contributed by atoms with van der Waals surface area (Å²) in [6.07, 6.45) is 1.23. The van der Waals surface area contributed by atoms with Gasteiger partial charge in [0.1, 0.15) is 11.6 Å². The van der Waals surface area contributed by atoms with Gasteiger partial charge < -0.3 is 15.0 Å². The average molecular weight is 473 g/mol. The highest BCUT2D eigenvalue weighted by Gasteiger charge is 2.46. The van der Waals surface area contributed by atoms with E-state index in [0.717, 1.165) is 28.6 Å². The zero-order valence-electron chi connectivity index (χ0n) is 18.5. The van der Waals surface area contributed by atoms with Crippen LogP contribution in [0.1, 0.15) is 49.3 Å². The zero-order chi connectivity index (χ0) is 24.2. The SMILES string of the molecule is CC(C)C1N(C(=O)c2cc(F)c(Cl)cc2F)C=C(C(=O)O)c2[nH]c3ccccc3c2C1(C)C. The second kappa shape index (κ2) is 7.99. The molecule has 1 aromatic heterocycles. The van der Waals surface area contributed by atoms with Crippen LogP contribution in [-0.4, -0.2) is 32.9 Å². The number of H-pyrrole nitrogens is 1. The number of carbonyl (C=O) groups is 2. The van der Waals surface area contributed by atoms with Gasteiger partial charge in [0.2, 0.25) is 0 Å². The number of nitrogens with zero attached hydrogens (tertiary/aromatic N) is 1. The smallest absolute Gasteiger partial charge is 0.339 e. The summed E-state index contributed by atoms with van der Waals surface area (Å²) < 4.78 is 28.8.